The van der Waals surface area contributed by atoms with Crippen LogP contribution in [0.5, 0.6) is 0 Å². The average molecular weight is 263 g/mol. The molecule has 0 saturated heterocycles. The van der Waals surface area contributed by atoms with Gasteiger partial charge in [0.15, 0.2) is 0 Å². The van der Waals surface area contributed by atoms with E-state index < -0.39 is 11.9 Å². The van der Waals surface area contributed by atoms with Crippen molar-refractivity contribution in [1.29, 1.82) is 0 Å². The Morgan fingerprint density at radius 3 is 2.53 bits per heavy atom. The summed E-state index contributed by atoms with van der Waals surface area (Å²) in [7, 11) is 0. The van der Waals surface area contributed by atoms with Crippen molar-refractivity contribution in [1.82, 2.24) is 5.32 Å². The minimum Gasteiger partial charge on any atom is -0.481 e. The topological polar surface area (TPSA) is 66.4 Å². The molecule has 2 fully saturated rings. The van der Waals surface area contributed by atoms with E-state index in [1.807, 2.05) is 12.2 Å². The zero-order chi connectivity index (χ0) is 13.6. The Bertz CT molecular complexity index is 431. The lowest BCUT2D eigenvalue weighted by molar-refractivity contribution is -0.147. The average Bonchev–Trinajstić information content (AvgIpc) is 2.82. The van der Waals surface area contributed by atoms with E-state index in [9.17, 15) is 14.7 Å². The highest BCUT2D eigenvalue weighted by atomic mass is 16.4. The van der Waals surface area contributed by atoms with Gasteiger partial charge in [0, 0.05) is 6.04 Å². The molecule has 0 spiro atoms. The predicted octanol–water partition coefficient (Wildman–Crippen LogP) is 1.81. The first kappa shape index (κ1) is 12.7. The van der Waals surface area contributed by atoms with Crippen molar-refractivity contribution in [3.8, 4) is 0 Å². The summed E-state index contributed by atoms with van der Waals surface area (Å²) < 4.78 is 0. The van der Waals surface area contributed by atoms with Gasteiger partial charge in [0.25, 0.3) is 0 Å². The predicted molar refractivity (Wildman–Crippen MR) is 70.3 cm³/mol. The zero-order valence-electron chi connectivity index (χ0n) is 11.2. The molecule has 0 aromatic carbocycles. The molecule has 2 N–H and O–H groups in total. The van der Waals surface area contributed by atoms with Crippen LogP contribution in [0.25, 0.3) is 0 Å². The molecule has 4 nitrogen and oxygen atoms in total. The third-order valence-corrected chi connectivity index (χ3v) is 4.96. The Kier molecular flexibility index (Phi) is 3.11. The molecule has 104 valence electrons. The van der Waals surface area contributed by atoms with Crippen molar-refractivity contribution in [2.24, 2.45) is 29.6 Å². The monoisotopic (exact) mass is 263 g/mol. The molecule has 0 heterocycles. The second-order valence-corrected chi connectivity index (χ2v) is 6.24. The van der Waals surface area contributed by atoms with Gasteiger partial charge >= 0.3 is 5.97 Å². The van der Waals surface area contributed by atoms with E-state index >= 15 is 0 Å². The van der Waals surface area contributed by atoms with Crippen LogP contribution in [0.2, 0.25) is 0 Å². The number of amides is 1. The van der Waals surface area contributed by atoms with E-state index in [1.54, 1.807) is 0 Å². The third kappa shape index (κ3) is 2.17. The van der Waals surface area contributed by atoms with Gasteiger partial charge in [0.1, 0.15) is 0 Å². The molecule has 3 rings (SSSR count). The van der Waals surface area contributed by atoms with Crippen LogP contribution in [-0.2, 0) is 9.59 Å². The summed E-state index contributed by atoms with van der Waals surface area (Å²) in [6.45, 7) is 2.15. The minimum absolute atomic E-state index is 0.0344. The number of hydrogen-bond donors (Lipinski definition) is 2. The van der Waals surface area contributed by atoms with Crippen molar-refractivity contribution in [2.75, 3.05) is 0 Å². The molecule has 3 aliphatic rings. The lowest BCUT2D eigenvalue weighted by Gasteiger charge is -2.23. The fourth-order valence-electron chi connectivity index (χ4n) is 3.91. The fraction of sp³-hybridized carbons (Fsp3) is 0.733. The van der Waals surface area contributed by atoms with Crippen molar-refractivity contribution < 1.29 is 14.7 Å². The van der Waals surface area contributed by atoms with Crippen LogP contribution >= 0.6 is 0 Å². The van der Waals surface area contributed by atoms with Crippen LogP contribution in [0.4, 0.5) is 0 Å². The van der Waals surface area contributed by atoms with Gasteiger partial charge in [-0.3, -0.25) is 9.59 Å². The Morgan fingerprint density at radius 2 is 1.89 bits per heavy atom. The van der Waals surface area contributed by atoms with Crippen molar-refractivity contribution in [3.63, 3.8) is 0 Å². The van der Waals surface area contributed by atoms with Crippen molar-refractivity contribution in [3.05, 3.63) is 12.2 Å². The summed E-state index contributed by atoms with van der Waals surface area (Å²) in [5, 5.41) is 12.4. The van der Waals surface area contributed by atoms with Crippen molar-refractivity contribution >= 4 is 11.9 Å². The highest BCUT2D eigenvalue weighted by molar-refractivity contribution is 5.87. The van der Waals surface area contributed by atoms with Crippen LogP contribution in [0, 0.1) is 29.6 Å². The summed E-state index contributed by atoms with van der Waals surface area (Å²) in [5.74, 6) is -0.913. The van der Waals surface area contributed by atoms with Crippen molar-refractivity contribution in [2.45, 2.75) is 38.6 Å². The molecule has 0 aliphatic heterocycles. The number of carboxylic acid groups (broad SMARTS) is 1. The van der Waals surface area contributed by atoms with Gasteiger partial charge < -0.3 is 10.4 Å². The highest BCUT2D eigenvalue weighted by Gasteiger charge is 2.52. The highest BCUT2D eigenvalue weighted by Crippen LogP contribution is 2.48. The van der Waals surface area contributed by atoms with E-state index in [0.29, 0.717) is 12.0 Å². The maximum atomic E-state index is 12.3. The number of fused-ring (bicyclic) bond motifs is 2. The Hall–Kier alpha value is -1.32. The maximum Gasteiger partial charge on any atom is 0.307 e. The second kappa shape index (κ2) is 4.66. The van der Waals surface area contributed by atoms with E-state index in [0.717, 1.165) is 25.7 Å². The molecule has 0 aromatic rings. The third-order valence-electron chi connectivity index (χ3n) is 4.96. The summed E-state index contributed by atoms with van der Waals surface area (Å²) in [5.41, 5.74) is 0. The first-order valence-corrected chi connectivity index (χ1v) is 7.33. The number of hydrogen-bond acceptors (Lipinski definition) is 2. The summed E-state index contributed by atoms with van der Waals surface area (Å²) in [4.78, 5) is 23.7. The summed E-state index contributed by atoms with van der Waals surface area (Å²) in [6, 6.07) is 0.296. The molecule has 3 aliphatic carbocycles. The molecule has 2 bridgehead atoms. The first-order chi connectivity index (χ1) is 9.11. The number of carbonyl (C=O) groups excluding carboxylic acids is 1. The van der Waals surface area contributed by atoms with Gasteiger partial charge in [-0.05, 0) is 37.0 Å². The molecular weight excluding hydrogens is 242 g/mol. The van der Waals surface area contributed by atoms with Crippen LogP contribution in [0.1, 0.15) is 32.6 Å². The van der Waals surface area contributed by atoms with Gasteiger partial charge in [-0.25, -0.2) is 0 Å². The molecule has 1 amide bonds. The zero-order valence-corrected chi connectivity index (χ0v) is 11.2. The first-order valence-electron chi connectivity index (χ1n) is 7.33. The van der Waals surface area contributed by atoms with Gasteiger partial charge in [0.05, 0.1) is 11.8 Å². The van der Waals surface area contributed by atoms with Crippen LogP contribution in [0.15, 0.2) is 12.2 Å². The lowest BCUT2D eigenvalue weighted by atomic mass is 9.82. The number of carboxylic acids is 1. The Labute approximate surface area is 113 Å². The van der Waals surface area contributed by atoms with Gasteiger partial charge in [-0.1, -0.05) is 25.5 Å². The molecule has 6 atom stereocenters. The largest absolute Gasteiger partial charge is 0.481 e. The van der Waals surface area contributed by atoms with Crippen LogP contribution in [-0.4, -0.2) is 23.0 Å². The number of aliphatic carboxylic acids is 1. The lowest BCUT2D eigenvalue weighted by Crippen LogP contribution is -2.41. The maximum absolute atomic E-state index is 12.3. The molecule has 4 heteroatoms. The number of nitrogens with one attached hydrogen (secondary N) is 1. The Balaban J connectivity index is 1.63. The quantitative estimate of drug-likeness (QED) is 0.743. The van der Waals surface area contributed by atoms with Crippen LogP contribution < -0.4 is 5.32 Å². The van der Waals surface area contributed by atoms with E-state index in [-0.39, 0.29) is 23.7 Å². The molecule has 0 radical (unpaired) electrons. The normalized spacial score (nSPS) is 42.4. The SMILES string of the molecule is CCCC1CC1NC(=O)[C@H]1C2C=CC(C2)[C@H]1C(=O)O. The molecule has 19 heavy (non-hydrogen) atoms. The molecule has 4 unspecified atom stereocenters. The summed E-state index contributed by atoms with van der Waals surface area (Å²) in [6.07, 6.45) is 8.21. The molecule has 0 aromatic heterocycles. The molecule has 2 saturated carbocycles. The standard InChI is InChI=1S/C15H21NO3/c1-2-3-8-7-11(8)16-14(17)12-9-4-5-10(6-9)13(12)15(18)19/h4-5,8-13H,2-3,6-7H2,1H3,(H,16,17)(H,18,19)/t8?,9?,10?,11?,12-,13+/m0/s1. The van der Waals surface area contributed by atoms with E-state index in [4.69, 9.17) is 0 Å². The molecular formula is C15H21NO3. The van der Waals surface area contributed by atoms with Gasteiger partial charge in [-0.15, -0.1) is 0 Å². The van der Waals surface area contributed by atoms with E-state index in [2.05, 4.69) is 12.2 Å². The van der Waals surface area contributed by atoms with E-state index in [1.165, 1.54) is 0 Å². The second-order valence-electron chi connectivity index (χ2n) is 6.24. The van der Waals surface area contributed by atoms with Gasteiger partial charge in [0.2, 0.25) is 5.91 Å². The van der Waals surface area contributed by atoms with Crippen LogP contribution in [0.3, 0.4) is 0 Å². The fourth-order valence-corrected chi connectivity index (χ4v) is 3.91. The number of carbonyl (C=O) groups is 2. The smallest absolute Gasteiger partial charge is 0.307 e. The van der Waals surface area contributed by atoms with Gasteiger partial charge in [-0.2, -0.15) is 0 Å². The Morgan fingerprint density at radius 1 is 1.21 bits per heavy atom. The number of rotatable bonds is 5. The minimum atomic E-state index is -0.821. The number of allylic oxidation sites excluding steroid dienone is 2. The summed E-state index contributed by atoms with van der Waals surface area (Å²) >= 11 is 0.